The Morgan fingerprint density at radius 2 is 1.82 bits per heavy atom. The van der Waals surface area contributed by atoms with Gasteiger partial charge in [0.05, 0.1) is 7.11 Å². The maximum atomic E-state index is 12.0. The Kier molecular flexibility index (Phi) is 8.09. The van der Waals surface area contributed by atoms with Gasteiger partial charge >= 0.3 is 5.97 Å². The molecule has 6 heteroatoms. The van der Waals surface area contributed by atoms with Crippen LogP contribution in [0.15, 0.2) is 54.6 Å². The molecule has 2 aromatic rings. The molecular weight excluding hydrogens is 358 g/mol. The lowest BCUT2D eigenvalue weighted by molar-refractivity contribution is -0.147. The van der Waals surface area contributed by atoms with Crippen molar-refractivity contribution in [3.8, 4) is 11.5 Å². The van der Waals surface area contributed by atoms with E-state index in [2.05, 4.69) is 5.32 Å². The topological polar surface area (TPSA) is 73.9 Å². The molecule has 0 aliphatic carbocycles. The quantitative estimate of drug-likeness (QED) is 0.409. The van der Waals surface area contributed by atoms with E-state index in [0.29, 0.717) is 0 Å². The van der Waals surface area contributed by atoms with Crippen molar-refractivity contribution in [3.05, 3.63) is 65.7 Å². The van der Waals surface area contributed by atoms with E-state index in [0.717, 1.165) is 22.6 Å². The summed E-state index contributed by atoms with van der Waals surface area (Å²) in [6.45, 7) is 3.89. The first-order valence-corrected chi connectivity index (χ1v) is 8.96. The summed E-state index contributed by atoms with van der Waals surface area (Å²) in [4.78, 5) is 23.9. The van der Waals surface area contributed by atoms with E-state index in [9.17, 15) is 9.59 Å². The summed E-state index contributed by atoms with van der Waals surface area (Å²) < 4.78 is 15.7. The van der Waals surface area contributed by atoms with E-state index in [-0.39, 0.29) is 19.1 Å². The molecule has 1 unspecified atom stereocenters. The lowest BCUT2D eigenvalue weighted by Crippen LogP contribution is -2.39. The normalized spacial score (nSPS) is 11.7. The summed E-state index contributed by atoms with van der Waals surface area (Å²) in [5, 5.41) is 2.57. The molecule has 2 rings (SSSR count). The molecule has 0 saturated heterocycles. The first kappa shape index (κ1) is 21.0. The molecule has 1 N–H and O–H groups in total. The van der Waals surface area contributed by atoms with Crippen molar-refractivity contribution < 1.29 is 23.8 Å². The highest BCUT2D eigenvalue weighted by atomic mass is 16.6. The van der Waals surface area contributed by atoms with Gasteiger partial charge in [-0.2, -0.15) is 0 Å². The average Bonchev–Trinajstić information content (AvgIpc) is 2.70. The van der Waals surface area contributed by atoms with Crippen LogP contribution in [-0.4, -0.2) is 38.2 Å². The molecule has 0 radical (unpaired) electrons. The van der Waals surface area contributed by atoms with Crippen LogP contribution in [0.2, 0.25) is 0 Å². The SMILES string of the molecule is COc1ccc(C=CC(=O)NC(C)C(=O)OCCOc2cccc(C)c2)cc1. The molecule has 1 amide bonds. The molecule has 28 heavy (non-hydrogen) atoms. The van der Waals surface area contributed by atoms with Gasteiger partial charge in [0.1, 0.15) is 30.8 Å². The maximum absolute atomic E-state index is 12.0. The van der Waals surface area contributed by atoms with Crippen molar-refractivity contribution in [1.82, 2.24) is 5.32 Å². The third-order valence-electron chi connectivity index (χ3n) is 3.84. The number of hydrogen-bond donors (Lipinski definition) is 1. The lowest BCUT2D eigenvalue weighted by atomic mass is 10.2. The Morgan fingerprint density at radius 1 is 1.07 bits per heavy atom. The Morgan fingerprint density at radius 3 is 2.50 bits per heavy atom. The van der Waals surface area contributed by atoms with Gasteiger partial charge in [0.15, 0.2) is 0 Å². The van der Waals surface area contributed by atoms with Crippen LogP contribution < -0.4 is 14.8 Å². The molecule has 0 aromatic heterocycles. The summed E-state index contributed by atoms with van der Waals surface area (Å²) >= 11 is 0. The molecule has 0 spiro atoms. The highest BCUT2D eigenvalue weighted by molar-refractivity contribution is 5.94. The maximum Gasteiger partial charge on any atom is 0.328 e. The van der Waals surface area contributed by atoms with Crippen LogP contribution >= 0.6 is 0 Å². The fourth-order valence-corrected chi connectivity index (χ4v) is 2.34. The predicted octanol–water partition coefficient (Wildman–Crippen LogP) is 3.14. The Labute approximate surface area is 165 Å². The van der Waals surface area contributed by atoms with Gasteiger partial charge in [-0.15, -0.1) is 0 Å². The molecule has 0 heterocycles. The number of rotatable bonds is 9. The molecule has 148 valence electrons. The number of nitrogens with one attached hydrogen (secondary N) is 1. The summed E-state index contributed by atoms with van der Waals surface area (Å²) in [6, 6.07) is 14.1. The average molecular weight is 383 g/mol. The summed E-state index contributed by atoms with van der Waals surface area (Å²) in [7, 11) is 1.59. The second-order valence-electron chi connectivity index (χ2n) is 6.17. The van der Waals surface area contributed by atoms with Crippen molar-refractivity contribution in [3.63, 3.8) is 0 Å². The van der Waals surface area contributed by atoms with Crippen molar-refractivity contribution in [2.75, 3.05) is 20.3 Å². The third kappa shape index (κ3) is 7.15. The number of amides is 1. The molecule has 6 nitrogen and oxygen atoms in total. The number of ether oxygens (including phenoxy) is 3. The van der Waals surface area contributed by atoms with E-state index in [1.807, 2.05) is 43.3 Å². The van der Waals surface area contributed by atoms with Gasteiger partial charge < -0.3 is 19.5 Å². The van der Waals surface area contributed by atoms with Crippen molar-refractivity contribution in [2.24, 2.45) is 0 Å². The fourth-order valence-electron chi connectivity index (χ4n) is 2.34. The first-order valence-electron chi connectivity index (χ1n) is 8.96. The van der Waals surface area contributed by atoms with Gasteiger partial charge in [-0.3, -0.25) is 4.79 Å². The standard InChI is InChI=1S/C22H25NO5/c1-16-5-4-6-20(15-16)27-13-14-28-22(25)17(2)23-21(24)12-9-18-7-10-19(26-3)11-8-18/h4-12,15,17H,13-14H2,1-3H3,(H,23,24). The van der Waals surface area contributed by atoms with Crippen LogP contribution in [0.3, 0.4) is 0 Å². The summed E-state index contributed by atoms with van der Waals surface area (Å²) in [6.07, 6.45) is 3.02. The van der Waals surface area contributed by atoms with Gasteiger partial charge in [-0.1, -0.05) is 24.3 Å². The molecule has 0 aliphatic rings. The number of carbonyl (C=O) groups excluding carboxylic acids is 2. The zero-order valence-electron chi connectivity index (χ0n) is 16.3. The smallest absolute Gasteiger partial charge is 0.328 e. The van der Waals surface area contributed by atoms with E-state index in [4.69, 9.17) is 14.2 Å². The monoisotopic (exact) mass is 383 g/mol. The molecular formula is C22H25NO5. The number of carbonyl (C=O) groups is 2. The van der Waals surface area contributed by atoms with Gasteiger partial charge in [0.25, 0.3) is 0 Å². The van der Waals surface area contributed by atoms with Crippen molar-refractivity contribution in [1.29, 1.82) is 0 Å². The number of esters is 1. The fraction of sp³-hybridized carbons (Fsp3) is 0.273. The number of aryl methyl sites for hydroxylation is 1. The van der Waals surface area contributed by atoms with Crippen LogP contribution in [0, 0.1) is 6.92 Å². The predicted molar refractivity (Wildman–Crippen MR) is 107 cm³/mol. The van der Waals surface area contributed by atoms with Crippen LogP contribution in [0.5, 0.6) is 11.5 Å². The van der Waals surface area contributed by atoms with Gasteiger partial charge in [0, 0.05) is 6.08 Å². The van der Waals surface area contributed by atoms with Gasteiger partial charge in [-0.25, -0.2) is 4.79 Å². The van der Waals surface area contributed by atoms with Crippen LogP contribution in [0.1, 0.15) is 18.1 Å². The van der Waals surface area contributed by atoms with Crippen LogP contribution in [0.4, 0.5) is 0 Å². The number of methoxy groups -OCH3 is 1. The largest absolute Gasteiger partial charge is 0.497 e. The van der Waals surface area contributed by atoms with E-state index >= 15 is 0 Å². The highest BCUT2D eigenvalue weighted by Crippen LogP contribution is 2.13. The Bertz CT molecular complexity index is 814. The minimum absolute atomic E-state index is 0.106. The molecule has 0 bridgehead atoms. The lowest BCUT2D eigenvalue weighted by Gasteiger charge is -2.13. The Balaban J connectivity index is 1.70. The van der Waals surface area contributed by atoms with E-state index in [1.54, 1.807) is 32.2 Å². The first-order chi connectivity index (χ1) is 13.5. The van der Waals surface area contributed by atoms with E-state index in [1.165, 1.54) is 6.08 Å². The molecule has 1 atom stereocenters. The van der Waals surface area contributed by atoms with Gasteiger partial charge in [-0.05, 0) is 55.3 Å². The molecule has 0 saturated carbocycles. The minimum Gasteiger partial charge on any atom is -0.497 e. The van der Waals surface area contributed by atoms with Gasteiger partial charge in [0.2, 0.25) is 5.91 Å². The third-order valence-corrected chi connectivity index (χ3v) is 3.84. The van der Waals surface area contributed by atoms with Crippen LogP contribution in [0.25, 0.3) is 6.08 Å². The number of hydrogen-bond acceptors (Lipinski definition) is 5. The van der Waals surface area contributed by atoms with Crippen molar-refractivity contribution >= 4 is 18.0 Å². The Hall–Kier alpha value is -3.28. The zero-order valence-corrected chi connectivity index (χ0v) is 16.3. The van der Waals surface area contributed by atoms with Crippen LogP contribution in [-0.2, 0) is 14.3 Å². The molecule has 2 aromatic carbocycles. The molecule has 0 fully saturated rings. The highest BCUT2D eigenvalue weighted by Gasteiger charge is 2.15. The summed E-state index contributed by atoms with van der Waals surface area (Å²) in [5.41, 5.74) is 1.94. The summed E-state index contributed by atoms with van der Waals surface area (Å²) in [5.74, 6) is 0.570. The van der Waals surface area contributed by atoms with E-state index < -0.39 is 12.0 Å². The van der Waals surface area contributed by atoms with Crippen molar-refractivity contribution in [2.45, 2.75) is 19.9 Å². The number of benzene rings is 2. The molecule has 0 aliphatic heterocycles. The second kappa shape index (κ2) is 10.8. The second-order valence-corrected chi connectivity index (χ2v) is 6.17. The minimum atomic E-state index is -0.757. The zero-order chi connectivity index (χ0) is 20.4.